The van der Waals surface area contributed by atoms with Crippen LogP contribution < -0.4 is 4.74 Å². The van der Waals surface area contributed by atoms with E-state index >= 15 is 0 Å². The highest BCUT2D eigenvalue weighted by molar-refractivity contribution is 7.13. The van der Waals surface area contributed by atoms with Crippen LogP contribution in [0, 0.1) is 6.92 Å². The third-order valence-corrected chi connectivity index (χ3v) is 3.54. The van der Waals surface area contributed by atoms with Gasteiger partial charge in [-0.2, -0.15) is 0 Å². The number of carboxylic acids is 1. The molecule has 2 aromatic heterocycles. The molecule has 2 heterocycles. The van der Waals surface area contributed by atoms with Crippen LogP contribution in [0.25, 0.3) is 0 Å². The van der Waals surface area contributed by atoms with Crippen molar-refractivity contribution in [3.63, 3.8) is 0 Å². The number of hydrogen-bond donors (Lipinski definition) is 1. The lowest BCUT2D eigenvalue weighted by Gasteiger charge is -2.00. The van der Waals surface area contributed by atoms with Gasteiger partial charge in [0.1, 0.15) is 4.88 Å². The molecule has 2 rings (SSSR count). The molecule has 0 saturated carbocycles. The maximum absolute atomic E-state index is 10.9. The van der Waals surface area contributed by atoms with E-state index in [0.717, 1.165) is 10.6 Å². The summed E-state index contributed by atoms with van der Waals surface area (Å²) >= 11 is 1.20. The number of carbonyl (C=O) groups is 1. The average Bonchev–Trinajstić information content (AvgIpc) is 2.71. The minimum Gasteiger partial charge on any atom is -0.481 e. The second-order valence-corrected chi connectivity index (χ2v) is 4.80. The molecule has 0 radical (unpaired) electrons. The van der Waals surface area contributed by atoms with Crippen LogP contribution in [-0.2, 0) is 6.42 Å². The molecule has 94 valence electrons. The third kappa shape index (κ3) is 2.65. The lowest BCUT2D eigenvalue weighted by molar-refractivity contribution is 0.0701. The molecule has 5 nitrogen and oxygen atoms in total. The fraction of sp³-hybridized carbons (Fsp3) is 0.250. The lowest BCUT2D eigenvalue weighted by Crippen LogP contribution is -1.94. The first-order chi connectivity index (χ1) is 8.60. The predicted octanol–water partition coefficient (Wildman–Crippen LogP) is 2.14. The van der Waals surface area contributed by atoms with Gasteiger partial charge in [-0.3, -0.25) is 0 Å². The number of rotatable bonds is 4. The molecule has 0 fully saturated rings. The van der Waals surface area contributed by atoms with Gasteiger partial charge in [0.15, 0.2) is 0 Å². The van der Waals surface area contributed by atoms with Gasteiger partial charge in [0.25, 0.3) is 0 Å². The Hall–Kier alpha value is -1.95. The molecule has 0 amide bonds. The van der Waals surface area contributed by atoms with E-state index in [9.17, 15) is 4.79 Å². The lowest BCUT2D eigenvalue weighted by atomic mass is 10.2. The summed E-state index contributed by atoms with van der Waals surface area (Å²) in [5.74, 6) is -0.371. The third-order valence-electron chi connectivity index (χ3n) is 2.40. The van der Waals surface area contributed by atoms with Gasteiger partial charge in [0.05, 0.1) is 17.8 Å². The monoisotopic (exact) mass is 264 g/mol. The fourth-order valence-electron chi connectivity index (χ4n) is 1.54. The van der Waals surface area contributed by atoms with Gasteiger partial charge < -0.3 is 9.84 Å². The van der Waals surface area contributed by atoms with Crippen molar-refractivity contribution >= 4 is 17.3 Å². The SMILES string of the molecule is COc1ccc(Cc2nc(C)c(C(=O)O)s2)cn1. The highest BCUT2D eigenvalue weighted by Gasteiger charge is 2.14. The van der Waals surface area contributed by atoms with E-state index in [0.29, 0.717) is 22.9 Å². The van der Waals surface area contributed by atoms with Crippen LogP contribution in [0.3, 0.4) is 0 Å². The van der Waals surface area contributed by atoms with Crippen LogP contribution in [0.2, 0.25) is 0 Å². The second kappa shape index (κ2) is 5.14. The molecule has 0 aliphatic heterocycles. The quantitative estimate of drug-likeness (QED) is 0.916. The predicted molar refractivity (Wildman–Crippen MR) is 67.4 cm³/mol. The number of ether oxygens (including phenoxy) is 1. The number of aromatic nitrogens is 2. The minimum atomic E-state index is -0.927. The van der Waals surface area contributed by atoms with E-state index in [1.54, 1.807) is 26.3 Å². The van der Waals surface area contributed by atoms with E-state index in [4.69, 9.17) is 9.84 Å². The van der Waals surface area contributed by atoms with Gasteiger partial charge in [-0.25, -0.2) is 14.8 Å². The molecule has 0 bridgehead atoms. The molecule has 0 saturated heterocycles. The number of hydrogen-bond acceptors (Lipinski definition) is 5. The van der Waals surface area contributed by atoms with Gasteiger partial charge in [-0.1, -0.05) is 6.07 Å². The summed E-state index contributed by atoms with van der Waals surface area (Å²) in [5.41, 5.74) is 1.53. The Morgan fingerprint density at radius 3 is 2.78 bits per heavy atom. The number of thiazole rings is 1. The maximum atomic E-state index is 10.9. The Morgan fingerprint density at radius 1 is 1.50 bits per heavy atom. The van der Waals surface area contributed by atoms with Gasteiger partial charge in [-0.05, 0) is 12.5 Å². The van der Waals surface area contributed by atoms with Crippen molar-refractivity contribution in [2.24, 2.45) is 0 Å². The van der Waals surface area contributed by atoms with E-state index < -0.39 is 5.97 Å². The zero-order valence-corrected chi connectivity index (χ0v) is 10.8. The summed E-state index contributed by atoms with van der Waals surface area (Å²) in [7, 11) is 1.56. The van der Waals surface area contributed by atoms with E-state index in [1.165, 1.54) is 11.3 Å². The first-order valence-corrected chi connectivity index (χ1v) is 6.10. The minimum absolute atomic E-state index is 0.298. The zero-order chi connectivity index (χ0) is 13.1. The van der Waals surface area contributed by atoms with Gasteiger partial charge >= 0.3 is 5.97 Å². The molecular formula is C12H12N2O3S. The zero-order valence-electron chi connectivity index (χ0n) is 10.0. The van der Waals surface area contributed by atoms with Crippen LogP contribution in [0.5, 0.6) is 5.88 Å². The topological polar surface area (TPSA) is 72.3 Å². The van der Waals surface area contributed by atoms with Crippen molar-refractivity contribution in [1.29, 1.82) is 0 Å². The molecule has 1 N–H and O–H groups in total. The van der Waals surface area contributed by atoms with Gasteiger partial charge in [0.2, 0.25) is 5.88 Å². The van der Waals surface area contributed by atoms with E-state index in [-0.39, 0.29) is 0 Å². The Kier molecular flexibility index (Phi) is 3.57. The van der Waals surface area contributed by atoms with Crippen molar-refractivity contribution in [3.8, 4) is 5.88 Å². The molecule has 0 aliphatic rings. The number of nitrogens with zero attached hydrogens (tertiary/aromatic N) is 2. The molecule has 0 aliphatic carbocycles. The Balaban J connectivity index is 2.18. The summed E-state index contributed by atoms with van der Waals surface area (Å²) in [6.45, 7) is 1.70. The largest absolute Gasteiger partial charge is 0.481 e. The van der Waals surface area contributed by atoms with E-state index in [2.05, 4.69) is 9.97 Å². The normalized spacial score (nSPS) is 10.3. The van der Waals surface area contributed by atoms with Crippen molar-refractivity contribution in [3.05, 3.63) is 39.5 Å². The van der Waals surface area contributed by atoms with Crippen LogP contribution in [0.4, 0.5) is 0 Å². The number of aromatic carboxylic acids is 1. The van der Waals surface area contributed by atoms with Crippen molar-refractivity contribution in [2.75, 3.05) is 7.11 Å². The number of methoxy groups -OCH3 is 1. The number of aryl methyl sites for hydroxylation is 1. The van der Waals surface area contributed by atoms with Crippen LogP contribution in [-0.4, -0.2) is 28.2 Å². The number of pyridine rings is 1. The molecule has 18 heavy (non-hydrogen) atoms. The van der Waals surface area contributed by atoms with Gasteiger partial charge in [-0.15, -0.1) is 11.3 Å². The highest BCUT2D eigenvalue weighted by Crippen LogP contribution is 2.21. The maximum Gasteiger partial charge on any atom is 0.347 e. The summed E-state index contributed by atoms with van der Waals surface area (Å²) in [5, 5.41) is 9.73. The Labute approximate surface area is 108 Å². The van der Waals surface area contributed by atoms with Crippen molar-refractivity contribution in [1.82, 2.24) is 9.97 Å². The van der Waals surface area contributed by atoms with Crippen molar-refractivity contribution < 1.29 is 14.6 Å². The molecule has 2 aromatic rings. The fourth-order valence-corrected chi connectivity index (χ4v) is 2.47. The van der Waals surface area contributed by atoms with Crippen molar-refractivity contribution in [2.45, 2.75) is 13.3 Å². The Morgan fingerprint density at radius 2 is 2.28 bits per heavy atom. The van der Waals surface area contributed by atoms with Crippen LogP contribution in [0.1, 0.15) is 25.9 Å². The van der Waals surface area contributed by atoms with E-state index in [1.807, 2.05) is 6.07 Å². The molecule has 6 heteroatoms. The molecule has 0 unspecified atom stereocenters. The summed E-state index contributed by atoms with van der Waals surface area (Å²) < 4.78 is 4.97. The summed E-state index contributed by atoms with van der Waals surface area (Å²) in [4.78, 5) is 19.6. The van der Waals surface area contributed by atoms with Crippen LogP contribution in [0.15, 0.2) is 18.3 Å². The standard InChI is InChI=1S/C12H12N2O3S/c1-7-11(12(15)16)18-10(14-7)5-8-3-4-9(17-2)13-6-8/h3-4,6H,5H2,1-2H3,(H,15,16). The van der Waals surface area contributed by atoms with Gasteiger partial charge in [0, 0.05) is 18.7 Å². The highest BCUT2D eigenvalue weighted by atomic mass is 32.1. The smallest absolute Gasteiger partial charge is 0.347 e. The first kappa shape index (κ1) is 12.5. The Bertz CT molecular complexity index is 563. The second-order valence-electron chi connectivity index (χ2n) is 3.71. The average molecular weight is 264 g/mol. The molecule has 0 aromatic carbocycles. The molecule has 0 spiro atoms. The summed E-state index contributed by atoms with van der Waals surface area (Å²) in [6.07, 6.45) is 2.28. The number of carboxylic acid groups (broad SMARTS) is 1. The molecular weight excluding hydrogens is 252 g/mol. The van der Waals surface area contributed by atoms with Crippen LogP contribution >= 0.6 is 11.3 Å². The molecule has 0 atom stereocenters. The summed E-state index contributed by atoms with van der Waals surface area (Å²) in [6, 6.07) is 3.66. The first-order valence-electron chi connectivity index (χ1n) is 5.28.